The molecule has 0 aromatic rings. The zero-order chi connectivity index (χ0) is 7.28. The van der Waals surface area contributed by atoms with Crippen molar-refractivity contribution < 1.29 is 1.43 Å². The molecule has 0 amide bonds. The Balaban J connectivity index is -0.000000320. The van der Waals surface area contributed by atoms with E-state index in [1.807, 2.05) is 0 Å². The van der Waals surface area contributed by atoms with Crippen LogP contribution in [0.3, 0.4) is 0 Å². The summed E-state index contributed by atoms with van der Waals surface area (Å²) in [7, 11) is 0. The Labute approximate surface area is 73.4 Å². The third kappa shape index (κ3) is 11.3. The van der Waals surface area contributed by atoms with Gasteiger partial charge in [-0.05, 0) is 0 Å². The molecule has 0 rings (SSSR count). The van der Waals surface area contributed by atoms with E-state index in [4.69, 9.17) is 0 Å². The standard InChI is InChI=1S/2C4H9.Al.H3N.H/c2*1-4(2)3;;;/h2*4H,1H2,2-3H3;;1H3;/q;;+1;;-1. The average Bonchev–Trinajstić information content (AvgIpc) is 1.63. The van der Waals surface area contributed by atoms with Crippen molar-refractivity contribution in [1.82, 2.24) is 6.15 Å². The summed E-state index contributed by atoms with van der Waals surface area (Å²) in [4.78, 5) is 0. The molecular formula is C8H22AlN. The summed E-state index contributed by atoms with van der Waals surface area (Å²) in [5.41, 5.74) is 0. The van der Waals surface area contributed by atoms with Crippen LogP contribution in [0.25, 0.3) is 0 Å². The summed E-state index contributed by atoms with van der Waals surface area (Å²) in [5.74, 6) is 1.86. The first-order chi connectivity index (χ1) is 4.13. The van der Waals surface area contributed by atoms with E-state index in [1.54, 1.807) is 0 Å². The molecule has 0 fully saturated rings. The minimum absolute atomic E-state index is 0. The maximum atomic E-state index is 2.31. The van der Waals surface area contributed by atoms with Crippen LogP contribution >= 0.6 is 0 Å². The van der Waals surface area contributed by atoms with E-state index in [0.717, 1.165) is 27.1 Å². The molecule has 0 aliphatic rings. The number of rotatable bonds is 4. The Morgan fingerprint density at radius 1 is 1.00 bits per heavy atom. The van der Waals surface area contributed by atoms with Gasteiger partial charge in [0.05, 0.1) is 0 Å². The second-order valence-corrected chi connectivity index (χ2v) is 5.07. The molecule has 0 bridgehead atoms. The summed E-state index contributed by atoms with van der Waals surface area (Å²) >= 11 is 0.755. The normalized spacial score (nSPS) is 9.40. The summed E-state index contributed by atoms with van der Waals surface area (Å²) in [5, 5.41) is 2.97. The van der Waals surface area contributed by atoms with Crippen LogP contribution in [0, 0.1) is 11.8 Å². The van der Waals surface area contributed by atoms with Crippen LogP contribution in [0.15, 0.2) is 0 Å². The molecule has 0 aromatic heterocycles. The van der Waals surface area contributed by atoms with E-state index < -0.39 is 0 Å². The zero-order valence-corrected chi connectivity index (χ0v) is 9.01. The van der Waals surface area contributed by atoms with Crippen molar-refractivity contribution in [2.75, 3.05) is 0 Å². The molecule has 0 saturated heterocycles. The van der Waals surface area contributed by atoms with Gasteiger partial charge in [0.1, 0.15) is 0 Å². The Kier molecular flexibility index (Phi) is 9.96. The molecule has 0 spiro atoms. The molecule has 0 aliphatic heterocycles. The second kappa shape index (κ2) is 7.60. The van der Waals surface area contributed by atoms with Gasteiger partial charge in [-0.1, -0.05) is 0 Å². The van der Waals surface area contributed by atoms with Crippen LogP contribution in [0.5, 0.6) is 0 Å². The fourth-order valence-electron chi connectivity index (χ4n) is 0.763. The monoisotopic (exact) mass is 159 g/mol. The molecule has 2 heteroatoms. The maximum absolute atomic E-state index is 2.31. The average molecular weight is 159 g/mol. The Hall–Kier alpha value is 0.492. The molecule has 0 saturated carbocycles. The molecule has 1 nitrogen and oxygen atoms in total. The molecule has 62 valence electrons. The quantitative estimate of drug-likeness (QED) is 0.628. The molecule has 0 aromatic carbocycles. The Morgan fingerprint density at radius 2 is 1.30 bits per heavy atom. The van der Waals surface area contributed by atoms with E-state index in [2.05, 4.69) is 27.7 Å². The van der Waals surface area contributed by atoms with Crippen molar-refractivity contribution in [2.24, 2.45) is 11.8 Å². The van der Waals surface area contributed by atoms with Gasteiger partial charge in [0.2, 0.25) is 0 Å². The molecule has 3 N–H and O–H groups in total. The summed E-state index contributed by atoms with van der Waals surface area (Å²) in [6.07, 6.45) is 0. The van der Waals surface area contributed by atoms with E-state index >= 15 is 0 Å². The van der Waals surface area contributed by atoms with Gasteiger partial charge in [0.15, 0.2) is 0 Å². The van der Waals surface area contributed by atoms with Crippen LogP contribution in [-0.2, 0) is 0 Å². The molecule has 0 unspecified atom stereocenters. The second-order valence-electron chi connectivity index (χ2n) is 3.55. The van der Waals surface area contributed by atoms with E-state index in [-0.39, 0.29) is 7.58 Å². The molecular weight excluding hydrogens is 137 g/mol. The molecule has 0 atom stereocenters. The van der Waals surface area contributed by atoms with Gasteiger partial charge in [-0.3, -0.25) is 0 Å². The predicted octanol–water partition coefficient (Wildman–Crippen LogP) is 3.11. The third-order valence-corrected chi connectivity index (χ3v) is 3.83. The first-order valence-electron chi connectivity index (χ1n) is 3.94. The van der Waals surface area contributed by atoms with Gasteiger partial charge < -0.3 is 7.58 Å². The van der Waals surface area contributed by atoms with Crippen molar-refractivity contribution in [1.29, 1.82) is 0 Å². The summed E-state index contributed by atoms with van der Waals surface area (Å²) in [6.45, 7) is 9.25. The number of hydrogen-bond acceptors (Lipinski definition) is 1. The summed E-state index contributed by atoms with van der Waals surface area (Å²) in [6, 6.07) is 0. The van der Waals surface area contributed by atoms with Crippen molar-refractivity contribution in [3.8, 4) is 0 Å². The third-order valence-electron chi connectivity index (χ3n) is 1.28. The van der Waals surface area contributed by atoms with Gasteiger partial charge in [-0.15, -0.1) is 0 Å². The topological polar surface area (TPSA) is 35.0 Å². The van der Waals surface area contributed by atoms with Gasteiger partial charge in [-0.25, -0.2) is 0 Å². The minimum Gasteiger partial charge on any atom is -1.00 e. The Bertz CT molecular complexity index is 59.1. The van der Waals surface area contributed by atoms with E-state index in [9.17, 15) is 0 Å². The maximum Gasteiger partial charge on any atom is -0.344 e. The van der Waals surface area contributed by atoms with Crippen molar-refractivity contribution in [3.63, 3.8) is 0 Å². The Morgan fingerprint density at radius 3 is 1.50 bits per heavy atom. The fourth-order valence-corrected chi connectivity index (χ4v) is 2.29. The largest absolute Gasteiger partial charge is 1.00 e. The molecule has 10 heavy (non-hydrogen) atoms. The van der Waals surface area contributed by atoms with E-state index in [0.29, 0.717) is 0 Å². The molecule has 0 aliphatic carbocycles. The van der Waals surface area contributed by atoms with E-state index in [1.165, 1.54) is 10.6 Å². The minimum atomic E-state index is 0. The van der Waals surface area contributed by atoms with Crippen LogP contribution in [-0.4, -0.2) is 15.2 Å². The first kappa shape index (κ1) is 13.1. The summed E-state index contributed by atoms with van der Waals surface area (Å²) < 4.78 is 0. The number of hydrogen-bond donors (Lipinski definition) is 1. The molecule has 0 heterocycles. The van der Waals surface area contributed by atoms with Gasteiger partial charge in [0, 0.05) is 0 Å². The van der Waals surface area contributed by atoms with Crippen LogP contribution in [0.1, 0.15) is 29.1 Å². The van der Waals surface area contributed by atoms with Crippen molar-refractivity contribution in [2.45, 2.75) is 38.3 Å². The molecule has 0 radical (unpaired) electrons. The first-order valence-corrected chi connectivity index (χ1v) is 5.58. The smallest absolute Gasteiger partial charge is 0.344 e. The zero-order valence-electron chi connectivity index (χ0n) is 8.85. The van der Waals surface area contributed by atoms with Crippen LogP contribution in [0.4, 0.5) is 0 Å². The van der Waals surface area contributed by atoms with Crippen LogP contribution < -0.4 is 6.15 Å². The SMILES string of the molecule is CC(C)[CH2][Al+][CH2]C(C)C.N.[H-]. The fraction of sp³-hybridized carbons (Fsp3) is 1.00. The van der Waals surface area contributed by atoms with Gasteiger partial charge in [-0.2, -0.15) is 0 Å². The van der Waals surface area contributed by atoms with Crippen LogP contribution in [0.2, 0.25) is 10.6 Å². The van der Waals surface area contributed by atoms with Gasteiger partial charge >= 0.3 is 65.3 Å². The van der Waals surface area contributed by atoms with Crippen molar-refractivity contribution in [3.05, 3.63) is 0 Å². The van der Waals surface area contributed by atoms with Crippen molar-refractivity contribution >= 4 is 15.2 Å². The van der Waals surface area contributed by atoms with Gasteiger partial charge in [0.25, 0.3) is 0 Å². The predicted molar refractivity (Wildman–Crippen MR) is 51.2 cm³/mol.